The summed E-state index contributed by atoms with van der Waals surface area (Å²) in [5, 5.41) is 4.06. The summed E-state index contributed by atoms with van der Waals surface area (Å²) in [5.41, 5.74) is 1.77. The Morgan fingerprint density at radius 3 is 2.65 bits per heavy atom. The van der Waals surface area contributed by atoms with E-state index < -0.39 is 0 Å². The van der Waals surface area contributed by atoms with Crippen LogP contribution in [0, 0.1) is 10.8 Å². The molecule has 1 aliphatic carbocycles. The molecule has 2 fully saturated rings. The van der Waals surface area contributed by atoms with Crippen LogP contribution in [0.25, 0.3) is 11.3 Å². The van der Waals surface area contributed by atoms with Crippen LogP contribution in [0.3, 0.4) is 0 Å². The van der Waals surface area contributed by atoms with Crippen molar-refractivity contribution < 1.29 is 14.1 Å². The minimum absolute atomic E-state index is 0.0139. The number of nitrogens with zero attached hydrogens (tertiary/aromatic N) is 2. The molecule has 5 nitrogen and oxygen atoms in total. The minimum atomic E-state index is -0.0139. The lowest BCUT2D eigenvalue weighted by Gasteiger charge is -2.39. The first-order valence-corrected chi connectivity index (χ1v) is 9.21. The van der Waals surface area contributed by atoms with E-state index in [0.29, 0.717) is 17.5 Å². The van der Waals surface area contributed by atoms with Crippen LogP contribution in [-0.2, 0) is 0 Å². The summed E-state index contributed by atoms with van der Waals surface area (Å²) in [7, 11) is 1.63. The molecule has 2 bridgehead atoms. The van der Waals surface area contributed by atoms with Crippen LogP contribution in [0.2, 0.25) is 0 Å². The average molecular weight is 354 g/mol. The maximum absolute atomic E-state index is 13.1. The number of rotatable bonds is 3. The van der Waals surface area contributed by atoms with Crippen molar-refractivity contribution in [2.75, 3.05) is 13.7 Å². The highest BCUT2D eigenvalue weighted by atomic mass is 16.5. The Labute approximate surface area is 154 Å². The van der Waals surface area contributed by atoms with Crippen molar-refractivity contribution in [3.8, 4) is 17.1 Å². The van der Waals surface area contributed by atoms with Gasteiger partial charge in [0.1, 0.15) is 5.75 Å². The topological polar surface area (TPSA) is 55.6 Å². The fraction of sp³-hybridized carbons (Fsp3) is 0.524. The minimum Gasteiger partial charge on any atom is -0.497 e. The van der Waals surface area contributed by atoms with Crippen LogP contribution in [0.5, 0.6) is 5.75 Å². The molecule has 2 atom stereocenters. The van der Waals surface area contributed by atoms with Crippen LogP contribution in [0.15, 0.2) is 34.9 Å². The molecular formula is C21H26N2O3. The number of carbonyl (C=O) groups is 1. The second-order valence-electron chi connectivity index (χ2n) is 8.95. The molecule has 0 unspecified atom stereocenters. The van der Waals surface area contributed by atoms with Gasteiger partial charge in [0.25, 0.3) is 5.91 Å². The lowest BCUT2D eigenvalue weighted by Crippen LogP contribution is -2.37. The fourth-order valence-corrected chi connectivity index (χ4v) is 5.11. The fourth-order valence-electron chi connectivity index (χ4n) is 5.11. The number of hydrogen-bond donors (Lipinski definition) is 0. The predicted octanol–water partition coefficient (Wildman–Crippen LogP) is 4.39. The molecule has 4 rings (SSSR count). The molecule has 1 saturated heterocycles. The molecule has 5 heteroatoms. The largest absolute Gasteiger partial charge is 0.497 e. The third-order valence-corrected chi connectivity index (χ3v) is 5.78. The standard InChI is InChI=1S/C21H26N2O3/c1-20(2)10-15-11-21(3,12-20)13-23(15)19(24)17-9-18(26-22-17)14-5-7-16(25-4)8-6-14/h5-9,15H,10-13H2,1-4H3/t15-,21-/m1/s1. The van der Waals surface area contributed by atoms with Crippen molar-refractivity contribution >= 4 is 5.91 Å². The summed E-state index contributed by atoms with van der Waals surface area (Å²) < 4.78 is 10.6. The summed E-state index contributed by atoms with van der Waals surface area (Å²) in [6.45, 7) is 7.73. The molecule has 1 aromatic carbocycles. The monoisotopic (exact) mass is 354 g/mol. The lowest BCUT2D eigenvalue weighted by atomic mass is 9.65. The van der Waals surface area contributed by atoms with E-state index in [0.717, 1.165) is 37.1 Å². The molecule has 1 saturated carbocycles. The molecule has 2 aliphatic rings. The van der Waals surface area contributed by atoms with Gasteiger partial charge in [-0.1, -0.05) is 25.9 Å². The molecule has 1 amide bonds. The number of amides is 1. The Morgan fingerprint density at radius 1 is 1.23 bits per heavy atom. The zero-order valence-electron chi connectivity index (χ0n) is 15.9. The van der Waals surface area contributed by atoms with E-state index in [9.17, 15) is 4.79 Å². The second-order valence-corrected chi connectivity index (χ2v) is 8.95. The Kier molecular flexibility index (Phi) is 3.86. The molecule has 0 N–H and O–H groups in total. The highest BCUT2D eigenvalue weighted by Gasteiger charge is 2.51. The Balaban J connectivity index is 1.55. The highest BCUT2D eigenvalue weighted by Crippen LogP contribution is 2.52. The van der Waals surface area contributed by atoms with Gasteiger partial charge in [0, 0.05) is 24.2 Å². The van der Waals surface area contributed by atoms with Gasteiger partial charge in [-0.3, -0.25) is 4.79 Å². The number of methoxy groups -OCH3 is 1. The van der Waals surface area contributed by atoms with Gasteiger partial charge in [-0.25, -0.2) is 0 Å². The van der Waals surface area contributed by atoms with Crippen LogP contribution >= 0.6 is 0 Å². The van der Waals surface area contributed by atoms with Crippen molar-refractivity contribution in [1.29, 1.82) is 0 Å². The quantitative estimate of drug-likeness (QED) is 0.820. The number of fused-ring (bicyclic) bond motifs is 2. The Bertz CT molecular complexity index is 824. The van der Waals surface area contributed by atoms with Crippen LogP contribution < -0.4 is 4.74 Å². The molecule has 1 aromatic heterocycles. The van der Waals surface area contributed by atoms with Crippen molar-refractivity contribution in [2.45, 2.75) is 46.1 Å². The van der Waals surface area contributed by atoms with Crippen molar-refractivity contribution in [2.24, 2.45) is 10.8 Å². The highest BCUT2D eigenvalue weighted by molar-refractivity contribution is 5.93. The summed E-state index contributed by atoms with van der Waals surface area (Å²) in [4.78, 5) is 15.1. The summed E-state index contributed by atoms with van der Waals surface area (Å²) >= 11 is 0. The average Bonchev–Trinajstić information content (AvgIpc) is 3.16. The van der Waals surface area contributed by atoms with Crippen LogP contribution in [0.1, 0.15) is 50.5 Å². The van der Waals surface area contributed by atoms with Gasteiger partial charge in [-0.05, 0) is 54.4 Å². The van der Waals surface area contributed by atoms with E-state index in [1.807, 2.05) is 29.2 Å². The second kappa shape index (κ2) is 5.86. The summed E-state index contributed by atoms with van der Waals surface area (Å²) in [6, 6.07) is 9.59. The van der Waals surface area contributed by atoms with E-state index in [-0.39, 0.29) is 16.7 Å². The van der Waals surface area contributed by atoms with E-state index in [1.165, 1.54) is 0 Å². The number of aromatic nitrogens is 1. The van der Waals surface area contributed by atoms with Crippen LogP contribution in [0.4, 0.5) is 0 Å². The molecule has 0 radical (unpaired) electrons. The zero-order valence-corrected chi connectivity index (χ0v) is 15.9. The lowest BCUT2D eigenvalue weighted by molar-refractivity contribution is 0.0698. The molecule has 2 heterocycles. The van der Waals surface area contributed by atoms with Crippen molar-refractivity contribution in [1.82, 2.24) is 10.1 Å². The third kappa shape index (κ3) is 3.00. The molecule has 2 aromatic rings. The van der Waals surface area contributed by atoms with E-state index in [2.05, 4.69) is 25.9 Å². The van der Waals surface area contributed by atoms with Crippen molar-refractivity contribution in [3.63, 3.8) is 0 Å². The first-order valence-electron chi connectivity index (χ1n) is 9.21. The van der Waals surface area contributed by atoms with Gasteiger partial charge >= 0.3 is 0 Å². The number of benzene rings is 1. The summed E-state index contributed by atoms with van der Waals surface area (Å²) in [5.74, 6) is 1.37. The van der Waals surface area contributed by atoms with Gasteiger partial charge in [0.05, 0.1) is 7.11 Å². The Hall–Kier alpha value is -2.30. The molecule has 138 valence electrons. The number of ether oxygens (including phenoxy) is 1. The smallest absolute Gasteiger partial charge is 0.276 e. The maximum atomic E-state index is 13.1. The predicted molar refractivity (Wildman–Crippen MR) is 99.1 cm³/mol. The molecular weight excluding hydrogens is 328 g/mol. The number of likely N-dealkylation sites (tertiary alicyclic amines) is 1. The van der Waals surface area contributed by atoms with E-state index in [4.69, 9.17) is 9.26 Å². The number of carbonyl (C=O) groups excluding carboxylic acids is 1. The van der Waals surface area contributed by atoms with Gasteiger partial charge in [-0.15, -0.1) is 0 Å². The van der Waals surface area contributed by atoms with Gasteiger partial charge in [-0.2, -0.15) is 0 Å². The van der Waals surface area contributed by atoms with Crippen molar-refractivity contribution in [3.05, 3.63) is 36.0 Å². The third-order valence-electron chi connectivity index (χ3n) is 5.78. The van der Waals surface area contributed by atoms with E-state index >= 15 is 0 Å². The Morgan fingerprint density at radius 2 is 1.96 bits per heavy atom. The van der Waals surface area contributed by atoms with E-state index in [1.54, 1.807) is 13.2 Å². The maximum Gasteiger partial charge on any atom is 0.276 e. The normalized spacial score (nSPS) is 26.8. The molecule has 0 spiro atoms. The van der Waals surface area contributed by atoms with Gasteiger partial charge < -0.3 is 14.2 Å². The molecule has 26 heavy (non-hydrogen) atoms. The van der Waals surface area contributed by atoms with Crippen LogP contribution in [-0.4, -0.2) is 35.7 Å². The number of hydrogen-bond acceptors (Lipinski definition) is 4. The first-order chi connectivity index (χ1) is 12.3. The SMILES string of the molecule is COc1ccc(-c2cc(C(=O)N3C[C@]4(C)C[C@H]3CC(C)(C)C4)no2)cc1. The van der Waals surface area contributed by atoms with Gasteiger partial charge in [0.2, 0.25) is 0 Å². The van der Waals surface area contributed by atoms with Gasteiger partial charge in [0.15, 0.2) is 11.5 Å². The first kappa shape index (κ1) is 17.1. The summed E-state index contributed by atoms with van der Waals surface area (Å²) in [6.07, 6.45) is 3.30. The molecule has 1 aliphatic heterocycles. The zero-order chi connectivity index (χ0) is 18.5.